The lowest BCUT2D eigenvalue weighted by atomic mass is 10.4. The molecule has 6 nitrogen and oxygen atoms in total. The summed E-state index contributed by atoms with van der Waals surface area (Å²) in [5, 5.41) is 16.1. The first-order valence-electron chi connectivity index (χ1n) is 5.05. The summed E-state index contributed by atoms with van der Waals surface area (Å²) < 4.78 is 1.73. The standard InChI is InChI=1S/C9H10N6S2/c1-4(10)7-11-6(3-16-7)8-14-15-5(2)12-13-9(15)17-8/h3-4H,10H2,1-2H3. The van der Waals surface area contributed by atoms with Crippen LogP contribution in [0.2, 0.25) is 0 Å². The van der Waals surface area contributed by atoms with Crippen molar-refractivity contribution >= 4 is 27.6 Å². The minimum absolute atomic E-state index is 0.0406. The van der Waals surface area contributed by atoms with Crippen molar-refractivity contribution in [3.8, 4) is 10.7 Å². The molecule has 3 heterocycles. The van der Waals surface area contributed by atoms with Crippen LogP contribution in [0, 0.1) is 6.92 Å². The van der Waals surface area contributed by atoms with Gasteiger partial charge in [-0.1, -0.05) is 11.3 Å². The Hall–Kier alpha value is -1.38. The Morgan fingerprint density at radius 3 is 2.88 bits per heavy atom. The second kappa shape index (κ2) is 3.83. The van der Waals surface area contributed by atoms with Crippen LogP contribution in [0.4, 0.5) is 0 Å². The Morgan fingerprint density at radius 1 is 1.41 bits per heavy atom. The Labute approximate surface area is 105 Å². The predicted molar refractivity (Wildman–Crippen MR) is 67.1 cm³/mol. The molecule has 0 aromatic carbocycles. The molecule has 0 saturated heterocycles. The molecule has 0 amide bonds. The van der Waals surface area contributed by atoms with Crippen LogP contribution in [0.5, 0.6) is 0 Å². The van der Waals surface area contributed by atoms with Crippen molar-refractivity contribution in [1.29, 1.82) is 0 Å². The summed E-state index contributed by atoms with van der Waals surface area (Å²) in [6.45, 7) is 3.79. The average Bonchev–Trinajstić information content (AvgIpc) is 2.95. The highest BCUT2D eigenvalue weighted by molar-refractivity contribution is 7.20. The average molecular weight is 266 g/mol. The zero-order valence-corrected chi connectivity index (χ0v) is 10.9. The van der Waals surface area contributed by atoms with Crippen LogP contribution in [0.25, 0.3) is 15.7 Å². The van der Waals surface area contributed by atoms with E-state index in [-0.39, 0.29) is 6.04 Å². The number of thiazole rings is 1. The Morgan fingerprint density at radius 2 is 2.24 bits per heavy atom. The van der Waals surface area contributed by atoms with Crippen molar-refractivity contribution in [2.75, 3.05) is 0 Å². The van der Waals surface area contributed by atoms with E-state index in [0.717, 1.165) is 26.5 Å². The summed E-state index contributed by atoms with van der Waals surface area (Å²) in [7, 11) is 0. The van der Waals surface area contributed by atoms with Crippen molar-refractivity contribution in [2.24, 2.45) is 5.73 Å². The van der Waals surface area contributed by atoms with Gasteiger partial charge in [-0.3, -0.25) is 0 Å². The highest BCUT2D eigenvalue weighted by Crippen LogP contribution is 2.28. The Balaban J connectivity index is 2.07. The second-order valence-electron chi connectivity index (χ2n) is 3.71. The lowest BCUT2D eigenvalue weighted by molar-refractivity contribution is 0.807. The summed E-state index contributed by atoms with van der Waals surface area (Å²) >= 11 is 3.03. The molecule has 17 heavy (non-hydrogen) atoms. The molecule has 88 valence electrons. The molecule has 3 aromatic heterocycles. The summed E-state index contributed by atoms with van der Waals surface area (Å²) in [5.41, 5.74) is 6.65. The third kappa shape index (κ3) is 1.74. The number of nitrogens with two attached hydrogens (primary N) is 1. The van der Waals surface area contributed by atoms with E-state index in [0.29, 0.717) is 0 Å². The molecule has 0 aliphatic carbocycles. The van der Waals surface area contributed by atoms with Crippen LogP contribution >= 0.6 is 22.7 Å². The highest BCUT2D eigenvalue weighted by Gasteiger charge is 2.14. The van der Waals surface area contributed by atoms with Crippen molar-refractivity contribution < 1.29 is 0 Å². The molecule has 2 N–H and O–H groups in total. The van der Waals surface area contributed by atoms with Gasteiger partial charge in [-0.15, -0.1) is 21.5 Å². The molecule has 0 fully saturated rings. The molecule has 8 heteroatoms. The zero-order chi connectivity index (χ0) is 12.0. The van der Waals surface area contributed by atoms with Gasteiger partial charge < -0.3 is 5.73 Å². The van der Waals surface area contributed by atoms with Gasteiger partial charge in [0.2, 0.25) is 4.96 Å². The molecule has 0 bridgehead atoms. The molecule has 1 atom stereocenters. The Kier molecular flexibility index (Phi) is 2.42. The summed E-state index contributed by atoms with van der Waals surface area (Å²) in [6, 6.07) is -0.0406. The fourth-order valence-corrected chi connectivity index (χ4v) is 3.10. The maximum Gasteiger partial charge on any atom is 0.235 e. The number of rotatable bonds is 2. The van der Waals surface area contributed by atoms with Crippen molar-refractivity contribution in [2.45, 2.75) is 19.9 Å². The van der Waals surface area contributed by atoms with Crippen LogP contribution in [0.15, 0.2) is 5.38 Å². The SMILES string of the molecule is Cc1nnc2sc(-c3csc(C(C)N)n3)nn12. The monoisotopic (exact) mass is 266 g/mol. The number of fused-ring (bicyclic) bond motifs is 1. The molecular formula is C9H10N6S2. The highest BCUT2D eigenvalue weighted by atomic mass is 32.1. The van der Waals surface area contributed by atoms with Gasteiger partial charge in [0.05, 0.1) is 6.04 Å². The van der Waals surface area contributed by atoms with Crippen molar-refractivity contribution in [3.05, 3.63) is 16.2 Å². The first-order chi connectivity index (χ1) is 8.15. The van der Waals surface area contributed by atoms with Gasteiger partial charge >= 0.3 is 0 Å². The van der Waals surface area contributed by atoms with Gasteiger partial charge in [-0.2, -0.15) is 9.61 Å². The van der Waals surface area contributed by atoms with E-state index in [1.165, 1.54) is 11.3 Å². The largest absolute Gasteiger partial charge is 0.322 e. The molecule has 0 spiro atoms. The minimum atomic E-state index is -0.0406. The van der Waals surface area contributed by atoms with E-state index in [1.807, 2.05) is 19.2 Å². The fraction of sp³-hybridized carbons (Fsp3) is 0.333. The van der Waals surface area contributed by atoms with Gasteiger partial charge in [0, 0.05) is 5.38 Å². The van der Waals surface area contributed by atoms with Crippen LogP contribution < -0.4 is 5.73 Å². The van der Waals surface area contributed by atoms with Gasteiger partial charge in [0.1, 0.15) is 10.7 Å². The van der Waals surface area contributed by atoms with E-state index in [9.17, 15) is 0 Å². The summed E-state index contributed by atoms with van der Waals surface area (Å²) in [6.07, 6.45) is 0. The van der Waals surface area contributed by atoms with Crippen LogP contribution in [0.1, 0.15) is 23.8 Å². The second-order valence-corrected chi connectivity index (χ2v) is 5.55. The molecule has 0 radical (unpaired) electrons. The third-order valence-corrected chi connectivity index (χ3v) is 4.24. The van der Waals surface area contributed by atoms with Crippen LogP contribution in [-0.2, 0) is 0 Å². The predicted octanol–water partition coefficient (Wildman–Crippen LogP) is 1.64. The van der Waals surface area contributed by atoms with Crippen LogP contribution in [0.3, 0.4) is 0 Å². The van der Waals surface area contributed by atoms with Gasteiger partial charge in [-0.05, 0) is 13.8 Å². The quantitative estimate of drug-likeness (QED) is 0.762. The summed E-state index contributed by atoms with van der Waals surface area (Å²) in [5.74, 6) is 0.783. The van der Waals surface area contributed by atoms with Gasteiger partial charge in [0.25, 0.3) is 0 Å². The number of hydrogen-bond donors (Lipinski definition) is 1. The molecule has 3 rings (SSSR count). The zero-order valence-electron chi connectivity index (χ0n) is 9.28. The lowest BCUT2D eigenvalue weighted by Crippen LogP contribution is -2.03. The maximum absolute atomic E-state index is 5.79. The van der Waals surface area contributed by atoms with E-state index in [4.69, 9.17) is 5.73 Å². The number of aromatic nitrogens is 5. The third-order valence-electron chi connectivity index (χ3n) is 2.28. The normalized spacial score (nSPS) is 13.4. The molecular weight excluding hydrogens is 256 g/mol. The first kappa shape index (κ1) is 10.8. The molecule has 0 saturated carbocycles. The molecule has 1 unspecified atom stereocenters. The van der Waals surface area contributed by atoms with Crippen molar-refractivity contribution in [3.63, 3.8) is 0 Å². The van der Waals surface area contributed by atoms with Gasteiger partial charge in [0.15, 0.2) is 10.8 Å². The number of aryl methyl sites for hydroxylation is 1. The fourth-order valence-electron chi connectivity index (χ4n) is 1.41. The number of nitrogens with zero attached hydrogens (tertiary/aromatic N) is 5. The molecule has 0 aliphatic rings. The van der Waals surface area contributed by atoms with E-state index in [1.54, 1.807) is 15.9 Å². The van der Waals surface area contributed by atoms with E-state index >= 15 is 0 Å². The first-order valence-corrected chi connectivity index (χ1v) is 6.75. The van der Waals surface area contributed by atoms with E-state index in [2.05, 4.69) is 20.3 Å². The summed E-state index contributed by atoms with van der Waals surface area (Å²) in [4.78, 5) is 5.25. The van der Waals surface area contributed by atoms with Crippen molar-refractivity contribution in [1.82, 2.24) is 24.8 Å². The molecule has 0 aliphatic heterocycles. The smallest absolute Gasteiger partial charge is 0.235 e. The lowest BCUT2D eigenvalue weighted by Gasteiger charge is -1.96. The Bertz CT molecular complexity index is 664. The minimum Gasteiger partial charge on any atom is -0.322 e. The topological polar surface area (TPSA) is 82.0 Å². The van der Waals surface area contributed by atoms with E-state index < -0.39 is 0 Å². The number of hydrogen-bond acceptors (Lipinski definition) is 7. The maximum atomic E-state index is 5.79. The van der Waals surface area contributed by atoms with Crippen LogP contribution in [-0.4, -0.2) is 24.8 Å². The molecule has 3 aromatic rings. The van der Waals surface area contributed by atoms with Gasteiger partial charge in [-0.25, -0.2) is 4.98 Å².